The van der Waals surface area contributed by atoms with Crippen LogP contribution in [0.4, 0.5) is 0 Å². The third-order valence-electron chi connectivity index (χ3n) is 4.67. The minimum Gasteiger partial charge on any atom is -0.387 e. The standard InChI is InChI=1S/C15H19Cl2NO/c16-14-4-3-10(8-15(14)17)11-6-12-2-1-5-18(12)9-13(19)7-11/h3-4,8,11-13,19H,1-2,5-7,9H2/p+1/t11-,12?,13-/m0/s1. The molecule has 1 aromatic rings. The lowest BCUT2D eigenvalue weighted by atomic mass is 9.88. The molecule has 19 heavy (non-hydrogen) atoms. The fraction of sp³-hybridized carbons (Fsp3) is 0.600. The molecule has 0 saturated carbocycles. The van der Waals surface area contributed by atoms with E-state index in [1.807, 2.05) is 12.1 Å². The molecule has 2 aliphatic heterocycles. The molecule has 2 unspecified atom stereocenters. The van der Waals surface area contributed by atoms with Crippen molar-refractivity contribution >= 4 is 23.2 Å². The van der Waals surface area contributed by atoms with Gasteiger partial charge >= 0.3 is 0 Å². The van der Waals surface area contributed by atoms with Gasteiger partial charge in [-0.2, -0.15) is 0 Å². The molecule has 4 heteroatoms. The summed E-state index contributed by atoms with van der Waals surface area (Å²) in [4.78, 5) is 1.59. The van der Waals surface area contributed by atoms with E-state index in [-0.39, 0.29) is 6.10 Å². The average molecular weight is 301 g/mol. The first kappa shape index (κ1) is 13.7. The number of hydrogen-bond acceptors (Lipinski definition) is 1. The molecule has 2 saturated heterocycles. The van der Waals surface area contributed by atoms with Crippen molar-refractivity contribution in [1.29, 1.82) is 0 Å². The molecule has 0 radical (unpaired) electrons. The molecule has 104 valence electrons. The quantitative estimate of drug-likeness (QED) is 0.817. The lowest BCUT2D eigenvalue weighted by Gasteiger charge is -2.20. The van der Waals surface area contributed by atoms with E-state index in [1.54, 1.807) is 4.90 Å². The Morgan fingerprint density at radius 2 is 2.00 bits per heavy atom. The first-order valence-electron chi connectivity index (χ1n) is 7.11. The van der Waals surface area contributed by atoms with Crippen LogP contribution in [0.15, 0.2) is 18.2 Å². The summed E-state index contributed by atoms with van der Waals surface area (Å²) in [6, 6.07) is 6.61. The minimum absolute atomic E-state index is 0.197. The molecule has 2 N–H and O–H groups in total. The Labute approximate surface area is 124 Å². The summed E-state index contributed by atoms with van der Waals surface area (Å²) in [5.74, 6) is 0.408. The number of quaternary nitrogens is 1. The van der Waals surface area contributed by atoms with Gasteiger partial charge in [-0.15, -0.1) is 0 Å². The topological polar surface area (TPSA) is 24.7 Å². The van der Waals surface area contributed by atoms with Gasteiger partial charge in [0.05, 0.1) is 22.6 Å². The number of halogens is 2. The lowest BCUT2D eigenvalue weighted by Crippen LogP contribution is -3.14. The second kappa shape index (κ2) is 5.61. The number of aliphatic hydroxyl groups is 1. The highest BCUT2D eigenvalue weighted by Gasteiger charge is 2.36. The molecule has 0 spiro atoms. The van der Waals surface area contributed by atoms with Crippen LogP contribution >= 0.6 is 23.2 Å². The summed E-state index contributed by atoms with van der Waals surface area (Å²) in [6.07, 6.45) is 4.39. The predicted molar refractivity (Wildman–Crippen MR) is 78.2 cm³/mol. The molecule has 2 nitrogen and oxygen atoms in total. The largest absolute Gasteiger partial charge is 0.387 e. The average Bonchev–Trinajstić information content (AvgIpc) is 2.73. The predicted octanol–water partition coefficient (Wildman–Crippen LogP) is 2.28. The third kappa shape index (κ3) is 2.92. The van der Waals surface area contributed by atoms with Crippen LogP contribution in [-0.4, -0.2) is 30.3 Å². The van der Waals surface area contributed by atoms with Gasteiger partial charge in [-0.25, -0.2) is 0 Å². The third-order valence-corrected chi connectivity index (χ3v) is 5.41. The summed E-state index contributed by atoms with van der Waals surface area (Å²) in [7, 11) is 0. The molecule has 4 atom stereocenters. The molecule has 1 aromatic carbocycles. The van der Waals surface area contributed by atoms with Crippen LogP contribution in [0.25, 0.3) is 0 Å². The van der Waals surface area contributed by atoms with Crippen LogP contribution in [0, 0.1) is 0 Å². The van der Waals surface area contributed by atoms with Crippen LogP contribution < -0.4 is 4.90 Å². The van der Waals surface area contributed by atoms with E-state index in [0.29, 0.717) is 22.0 Å². The molecule has 0 aromatic heterocycles. The Morgan fingerprint density at radius 3 is 2.79 bits per heavy atom. The zero-order valence-electron chi connectivity index (χ0n) is 10.9. The molecule has 2 aliphatic rings. The summed E-state index contributed by atoms with van der Waals surface area (Å²) in [5.41, 5.74) is 1.22. The highest BCUT2D eigenvalue weighted by atomic mass is 35.5. The Kier molecular flexibility index (Phi) is 4.04. The molecule has 0 aliphatic carbocycles. The van der Waals surface area contributed by atoms with Gasteiger partial charge in [-0.05, 0) is 30.0 Å². The molecule has 0 bridgehead atoms. The highest BCUT2D eigenvalue weighted by molar-refractivity contribution is 6.42. The number of fused-ring (bicyclic) bond motifs is 1. The maximum Gasteiger partial charge on any atom is 0.104 e. The minimum atomic E-state index is -0.197. The van der Waals surface area contributed by atoms with Gasteiger partial charge in [0.1, 0.15) is 12.6 Å². The van der Waals surface area contributed by atoms with Gasteiger partial charge < -0.3 is 10.0 Å². The van der Waals surface area contributed by atoms with Gasteiger partial charge in [-0.1, -0.05) is 29.3 Å². The maximum atomic E-state index is 10.2. The van der Waals surface area contributed by atoms with E-state index >= 15 is 0 Å². The van der Waals surface area contributed by atoms with E-state index in [1.165, 1.54) is 24.9 Å². The molecular formula is C15H20Cl2NO+. The summed E-state index contributed by atoms with van der Waals surface area (Å²) >= 11 is 12.1. The van der Waals surface area contributed by atoms with Crippen molar-refractivity contribution in [1.82, 2.24) is 0 Å². The molecule has 2 fully saturated rings. The summed E-state index contributed by atoms with van der Waals surface area (Å²) in [5, 5.41) is 11.4. The zero-order chi connectivity index (χ0) is 13.4. The number of benzene rings is 1. The van der Waals surface area contributed by atoms with Gasteiger partial charge in [-0.3, -0.25) is 0 Å². The smallest absolute Gasteiger partial charge is 0.104 e. The first-order valence-corrected chi connectivity index (χ1v) is 7.86. The van der Waals surface area contributed by atoms with Crippen LogP contribution in [0.1, 0.15) is 37.2 Å². The second-order valence-electron chi connectivity index (χ2n) is 5.95. The maximum absolute atomic E-state index is 10.2. The highest BCUT2D eigenvalue weighted by Crippen LogP contribution is 2.33. The van der Waals surface area contributed by atoms with Gasteiger partial charge in [0.25, 0.3) is 0 Å². The van der Waals surface area contributed by atoms with Gasteiger partial charge in [0, 0.05) is 19.3 Å². The van der Waals surface area contributed by atoms with Crippen molar-refractivity contribution in [2.24, 2.45) is 0 Å². The van der Waals surface area contributed by atoms with Gasteiger partial charge in [0.2, 0.25) is 0 Å². The molecule has 0 amide bonds. The van der Waals surface area contributed by atoms with Crippen molar-refractivity contribution < 1.29 is 10.0 Å². The van der Waals surface area contributed by atoms with E-state index < -0.39 is 0 Å². The lowest BCUT2D eigenvalue weighted by molar-refractivity contribution is -0.914. The Morgan fingerprint density at radius 1 is 1.16 bits per heavy atom. The summed E-state index contributed by atoms with van der Waals surface area (Å²) < 4.78 is 0. The van der Waals surface area contributed by atoms with E-state index in [0.717, 1.165) is 19.4 Å². The Hall–Kier alpha value is -0.280. The number of nitrogens with one attached hydrogen (secondary N) is 1. The fourth-order valence-electron chi connectivity index (χ4n) is 3.73. The van der Waals surface area contributed by atoms with Crippen LogP contribution in [-0.2, 0) is 0 Å². The van der Waals surface area contributed by atoms with Gasteiger partial charge in [0.15, 0.2) is 0 Å². The Balaban J connectivity index is 1.84. The van der Waals surface area contributed by atoms with Crippen molar-refractivity contribution in [2.45, 2.75) is 43.7 Å². The second-order valence-corrected chi connectivity index (χ2v) is 6.76. The SMILES string of the molecule is O[C@H]1C[C@@H](c2ccc(Cl)c(Cl)c2)CC2CCC[NH+]2C1. The van der Waals surface area contributed by atoms with Crippen molar-refractivity contribution in [3.63, 3.8) is 0 Å². The van der Waals surface area contributed by atoms with Crippen LogP contribution in [0.3, 0.4) is 0 Å². The van der Waals surface area contributed by atoms with Crippen LogP contribution in [0.2, 0.25) is 10.0 Å². The van der Waals surface area contributed by atoms with Crippen molar-refractivity contribution in [3.05, 3.63) is 33.8 Å². The van der Waals surface area contributed by atoms with Crippen LogP contribution in [0.5, 0.6) is 0 Å². The first-order chi connectivity index (χ1) is 9.13. The number of rotatable bonds is 1. The normalized spacial score (nSPS) is 34.9. The zero-order valence-corrected chi connectivity index (χ0v) is 12.4. The number of aliphatic hydroxyl groups excluding tert-OH is 1. The monoisotopic (exact) mass is 300 g/mol. The molecule has 3 rings (SSSR count). The van der Waals surface area contributed by atoms with E-state index in [9.17, 15) is 5.11 Å². The van der Waals surface area contributed by atoms with Crippen molar-refractivity contribution in [3.8, 4) is 0 Å². The molecule has 2 heterocycles. The van der Waals surface area contributed by atoms with E-state index in [4.69, 9.17) is 23.2 Å². The number of hydrogen-bond donors (Lipinski definition) is 2. The fourth-order valence-corrected chi connectivity index (χ4v) is 4.04. The molecular weight excluding hydrogens is 281 g/mol. The summed E-state index contributed by atoms with van der Waals surface area (Å²) in [6.45, 7) is 2.12. The van der Waals surface area contributed by atoms with Crippen molar-refractivity contribution in [2.75, 3.05) is 13.1 Å². The van der Waals surface area contributed by atoms with E-state index in [2.05, 4.69) is 6.07 Å². The Bertz CT molecular complexity index is 465.